The topological polar surface area (TPSA) is 145 Å². The van der Waals surface area contributed by atoms with Crippen molar-refractivity contribution in [1.29, 1.82) is 0 Å². The Balaban J connectivity index is 0. The van der Waals surface area contributed by atoms with Crippen LogP contribution in [0.4, 0.5) is 9.59 Å². The van der Waals surface area contributed by atoms with Crippen LogP contribution in [-0.2, 0) is 19.2 Å². The van der Waals surface area contributed by atoms with Gasteiger partial charge in [-0.25, -0.2) is 19.2 Å². The molecule has 0 atom stereocenters. The van der Waals surface area contributed by atoms with E-state index in [1.165, 1.54) is 5.48 Å². The Morgan fingerprint density at radius 1 is 1.12 bits per heavy atom. The second kappa shape index (κ2) is 9.71. The zero-order valence-corrected chi connectivity index (χ0v) is 8.54. The first-order valence-electron chi connectivity index (χ1n) is 3.79. The Morgan fingerprint density at radius 2 is 1.59 bits per heavy atom. The molecule has 0 rings (SSSR count). The summed E-state index contributed by atoms with van der Waals surface area (Å²) in [6, 6.07) is 0. The molecule has 0 spiro atoms. The Bertz CT molecular complexity index is 337. The Hall–Kier alpha value is -2.84. The number of carbonyl (C=O) groups excluding carboxylic acids is 3. The van der Waals surface area contributed by atoms with Crippen molar-refractivity contribution in [1.82, 2.24) is 5.48 Å². The fourth-order valence-electron chi connectivity index (χ4n) is 0.276. The highest BCUT2D eigenvalue weighted by Crippen LogP contribution is 1.75. The zero-order valence-electron chi connectivity index (χ0n) is 8.54. The average molecular weight is 246 g/mol. The average Bonchev–Trinajstić information content (AvgIpc) is 2.25. The number of primary amides is 1. The van der Waals surface area contributed by atoms with E-state index < -0.39 is 24.1 Å². The summed E-state index contributed by atoms with van der Waals surface area (Å²) in [6.45, 7) is 6.06. The molecule has 9 heteroatoms. The number of rotatable bonds is 2. The van der Waals surface area contributed by atoms with E-state index in [9.17, 15) is 19.2 Å². The molecule has 0 aliphatic carbocycles. The first-order chi connectivity index (χ1) is 7.83. The molecule has 0 radical (unpaired) electrons. The lowest BCUT2D eigenvalue weighted by Crippen LogP contribution is -2.23. The number of hydroxylamine groups is 1. The number of hydrogen-bond acceptors (Lipinski definition) is 6. The number of nitrogens with two attached hydrogens (primary N) is 1. The molecule has 0 fully saturated rings. The van der Waals surface area contributed by atoms with Crippen molar-refractivity contribution >= 4 is 24.1 Å². The monoisotopic (exact) mass is 246 g/mol. The molecule has 0 saturated heterocycles. The van der Waals surface area contributed by atoms with Gasteiger partial charge in [0.05, 0.1) is 0 Å². The van der Waals surface area contributed by atoms with Crippen LogP contribution in [0.3, 0.4) is 0 Å². The smallest absolute Gasteiger partial charge is 0.438 e. The van der Waals surface area contributed by atoms with Gasteiger partial charge in [-0.15, -0.1) is 5.48 Å². The number of nitrogens with one attached hydrogen (secondary N) is 1. The molecule has 17 heavy (non-hydrogen) atoms. The second-order valence-electron chi connectivity index (χ2n) is 1.98. The van der Waals surface area contributed by atoms with Crippen LogP contribution in [0, 0.1) is 0 Å². The summed E-state index contributed by atoms with van der Waals surface area (Å²) < 4.78 is 3.78. The quantitative estimate of drug-likeness (QED) is 0.262. The van der Waals surface area contributed by atoms with E-state index in [2.05, 4.69) is 28.5 Å². The second-order valence-corrected chi connectivity index (χ2v) is 1.98. The summed E-state index contributed by atoms with van der Waals surface area (Å²) in [5.74, 6) is -1.67. The van der Waals surface area contributed by atoms with Crippen molar-refractivity contribution in [3.05, 3.63) is 25.3 Å². The molecule has 94 valence electrons. The molecule has 0 aromatic rings. The van der Waals surface area contributed by atoms with Crippen molar-refractivity contribution < 1.29 is 33.9 Å². The summed E-state index contributed by atoms with van der Waals surface area (Å²) in [4.78, 5) is 43.2. The molecular weight excluding hydrogens is 236 g/mol. The highest BCUT2D eigenvalue weighted by atomic mass is 16.7. The summed E-state index contributed by atoms with van der Waals surface area (Å²) in [5, 5.41) is 7.84. The highest BCUT2D eigenvalue weighted by molar-refractivity contribution is 5.90. The van der Waals surface area contributed by atoms with Crippen LogP contribution < -0.4 is 11.2 Å². The van der Waals surface area contributed by atoms with Gasteiger partial charge in [0.2, 0.25) is 0 Å². The van der Waals surface area contributed by atoms with Gasteiger partial charge in [-0.3, -0.25) is 0 Å². The molecule has 2 amide bonds. The van der Waals surface area contributed by atoms with Crippen molar-refractivity contribution in [3.8, 4) is 0 Å². The summed E-state index contributed by atoms with van der Waals surface area (Å²) in [5.41, 5.74) is 5.83. The van der Waals surface area contributed by atoms with Gasteiger partial charge in [-0.05, 0) is 0 Å². The summed E-state index contributed by atoms with van der Waals surface area (Å²) in [6.07, 6.45) is -0.846. The fraction of sp³-hybridized carbons (Fsp3) is 0. The van der Waals surface area contributed by atoms with E-state index in [1.807, 2.05) is 0 Å². The molecule has 0 aliphatic heterocycles. The van der Waals surface area contributed by atoms with Crippen LogP contribution in [0.5, 0.6) is 0 Å². The molecular formula is C8H10N2O7. The van der Waals surface area contributed by atoms with E-state index in [0.717, 1.165) is 12.2 Å². The Kier molecular flexibility index (Phi) is 9.47. The van der Waals surface area contributed by atoms with Crippen LogP contribution in [-0.4, -0.2) is 29.2 Å². The summed E-state index contributed by atoms with van der Waals surface area (Å²) >= 11 is 0. The molecule has 0 bridgehead atoms. The van der Waals surface area contributed by atoms with E-state index in [4.69, 9.17) is 5.11 Å². The Labute approximate surface area is 95.4 Å². The molecule has 0 aromatic carbocycles. The number of amides is 2. The summed E-state index contributed by atoms with van der Waals surface area (Å²) in [7, 11) is 0. The van der Waals surface area contributed by atoms with Gasteiger partial charge in [0.1, 0.15) is 0 Å². The molecule has 9 nitrogen and oxygen atoms in total. The number of carbonyl (C=O) groups is 4. The van der Waals surface area contributed by atoms with E-state index in [0.29, 0.717) is 0 Å². The molecule has 0 heterocycles. The minimum atomic E-state index is -1.43. The van der Waals surface area contributed by atoms with Gasteiger partial charge in [0, 0.05) is 12.2 Å². The SMILES string of the molecule is C=CC(=O)OC(N)=O.C=CC(=O)ONC(=O)O. The molecule has 0 unspecified atom stereocenters. The number of carboxylic acid groups (broad SMARTS) is 1. The van der Waals surface area contributed by atoms with Gasteiger partial charge in [-0.2, -0.15) is 0 Å². The minimum absolute atomic E-state index is 0.836. The van der Waals surface area contributed by atoms with Crippen LogP contribution in [0.1, 0.15) is 0 Å². The van der Waals surface area contributed by atoms with Gasteiger partial charge in [0.25, 0.3) is 0 Å². The third-order valence-electron chi connectivity index (χ3n) is 0.773. The highest BCUT2D eigenvalue weighted by Gasteiger charge is 1.98. The van der Waals surface area contributed by atoms with Crippen molar-refractivity contribution in [2.24, 2.45) is 5.73 Å². The fourth-order valence-corrected chi connectivity index (χ4v) is 0.276. The van der Waals surface area contributed by atoms with Gasteiger partial charge in [-0.1, -0.05) is 13.2 Å². The van der Waals surface area contributed by atoms with E-state index in [1.54, 1.807) is 0 Å². The third kappa shape index (κ3) is 15.9. The molecule has 0 aromatic heterocycles. The number of hydrogen-bond donors (Lipinski definition) is 3. The lowest BCUT2D eigenvalue weighted by atomic mass is 10.7. The largest absolute Gasteiger partial charge is 0.463 e. The van der Waals surface area contributed by atoms with Crippen LogP contribution >= 0.6 is 0 Å². The normalized spacial score (nSPS) is 7.53. The minimum Gasteiger partial charge on any atom is -0.463 e. The maximum atomic E-state index is 10.1. The number of ether oxygens (including phenoxy) is 1. The molecule has 0 saturated carbocycles. The maximum absolute atomic E-state index is 10.1. The maximum Gasteiger partial charge on any atom is 0.438 e. The van der Waals surface area contributed by atoms with Gasteiger partial charge >= 0.3 is 24.1 Å². The van der Waals surface area contributed by atoms with Gasteiger partial charge in [0.15, 0.2) is 0 Å². The van der Waals surface area contributed by atoms with Crippen molar-refractivity contribution in [2.45, 2.75) is 0 Å². The number of esters is 1. The van der Waals surface area contributed by atoms with Gasteiger partial charge < -0.3 is 20.4 Å². The van der Waals surface area contributed by atoms with E-state index >= 15 is 0 Å². The van der Waals surface area contributed by atoms with Crippen LogP contribution in [0.25, 0.3) is 0 Å². The lowest BCUT2D eigenvalue weighted by Gasteiger charge is -1.95. The van der Waals surface area contributed by atoms with E-state index in [-0.39, 0.29) is 0 Å². The third-order valence-corrected chi connectivity index (χ3v) is 0.773. The zero-order chi connectivity index (χ0) is 13.8. The van der Waals surface area contributed by atoms with Crippen LogP contribution in [0.15, 0.2) is 25.3 Å². The molecule has 0 aliphatic rings. The van der Waals surface area contributed by atoms with Crippen molar-refractivity contribution in [2.75, 3.05) is 0 Å². The predicted molar refractivity (Wildman–Crippen MR) is 53.3 cm³/mol. The first kappa shape index (κ1) is 16.6. The Morgan fingerprint density at radius 3 is 1.82 bits per heavy atom. The molecule has 4 N–H and O–H groups in total. The standard InChI is InChI=1S/C4H5NO4.C4H5NO3/c1-2-3(6)9-5-4(7)8;1-2-3(6)8-4(5)7/h2,5H,1H2,(H,7,8);2H,1H2,(H2,5,7). The lowest BCUT2D eigenvalue weighted by molar-refractivity contribution is -0.143. The van der Waals surface area contributed by atoms with Crippen molar-refractivity contribution in [3.63, 3.8) is 0 Å². The predicted octanol–water partition coefficient (Wildman–Crippen LogP) is -0.308. The van der Waals surface area contributed by atoms with Crippen LogP contribution in [0.2, 0.25) is 0 Å². The first-order valence-corrected chi connectivity index (χ1v) is 3.79.